The molecular formula is C20H30N2O. The predicted molar refractivity (Wildman–Crippen MR) is 99.4 cm³/mol. The number of unbranched alkanes of at least 4 members (excludes halogenated alkanes) is 1. The number of nitrogens with one attached hydrogen (secondary N) is 1. The first kappa shape index (κ1) is 19.1. The minimum Gasteiger partial charge on any atom is -0.352 e. The molecular weight excluding hydrogens is 284 g/mol. The molecule has 1 amide bonds. The highest BCUT2D eigenvalue weighted by Crippen LogP contribution is 2.19. The molecule has 0 spiro atoms. The smallest absolute Gasteiger partial charge is 0.223 e. The van der Waals surface area contributed by atoms with Crippen LogP contribution in [0.5, 0.6) is 0 Å². The number of amides is 1. The molecule has 1 rings (SSSR count). The van der Waals surface area contributed by atoms with E-state index in [0.29, 0.717) is 6.54 Å². The van der Waals surface area contributed by atoms with Crippen molar-refractivity contribution in [1.82, 2.24) is 5.32 Å². The van der Waals surface area contributed by atoms with E-state index >= 15 is 0 Å². The molecule has 0 aliphatic heterocycles. The maximum Gasteiger partial charge on any atom is 0.223 e. The monoisotopic (exact) mass is 314 g/mol. The van der Waals surface area contributed by atoms with Crippen LogP contribution in [-0.2, 0) is 11.3 Å². The van der Waals surface area contributed by atoms with Gasteiger partial charge in [0.2, 0.25) is 5.91 Å². The van der Waals surface area contributed by atoms with Crippen molar-refractivity contribution in [2.24, 2.45) is 10.9 Å². The van der Waals surface area contributed by atoms with E-state index in [1.165, 1.54) is 11.1 Å². The van der Waals surface area contributed by atoms with E-state index in [1.54, 1.807) is 0 Å². The number of benzene rings is 1. The Bertz CT molecular complexity index is 556. The van der Waals surface area contributed by atoms with Crippen molar-refractivity contribution in [3.63, 3.8) is 0 Å². The predicted octanol–water partition coefficient (Wildman–Crippen LogP) is 4.97. The molecule has 0 saturated carbocycles. The molecule has 0 aliphatic rings. The van der Waals surface area contributed by atoms with Crippen LogP contribution < -0.4 is 5.32 Å². The minimum absolute atomic E-state index is 0.0916. The van der Waals surface area contributed by atoms with Gasteiger partial charge in [-0.05, 0) is 43.9 Å². The average molecular weight is 314 g/mol. The third-order valence-corrected chi connectivity index (χ3v) is 4.16. The van der Waals surface area contributed by atoms with Gasteiger partial charge in [-0.1, -0.05) is 51.0 Å². The summed E-state index contributed by atoms with van der Waals surface area (Å²) >= 11 is 0. The first-order valence-corrected chi connectivity index (χ1v) is 8.52. The molecule has 23 heavy (non-hydrogen) atoms. The number of carbonyl (C=O) groups excluding carboxylic acids is 1. The summed E-state index contributed by atoms with van der Waals surface area (Å²) in [5.74, 6) is 0.237. The maximum atomic E-state index is 12.0. The fourth-order valence-electron chi connectivity index (χ4n) is 2.38. The zero-order valence-electron chi connectivity index (χ0n) is 15.1. The summed E-state index contributed by atoms with van der Waals surface area (Å²) in [7, 11) is 0. The Balaban J connectivity index is 2.61. The molecule has 0 aliphatic carbocycles. The topological polar surface area (TPSA) is 41.5 Å². The van der Waals surface area contributed by atoms with Gasteiger partial charge in [-0.3, -0.25) is 9.79 Å². The van der Waals surface area contributed by atoms with E-state index < -0.39 is 0 Å². The number of rotatable bonds is 8. The molecule has 1 atom stereocenters. The summed E-state index contributed by atoms with van der Waals surface area (Å²) < 4.78 is 0. The van der Waals surface area contributed by atoms with Crippen LogP contribution in [0.4, 0.5) is 0 Å². The molecule has 1 unspecified atom stereocenters. The molecule has 3 heteroatoms. The lowest BCUT2D eigenvalue weighted by Crippen LogP contribution is -2.28. The number of allylic oxidation sites excluding steroid dienone is 2. The largest absolute Gasteiger partial charge is 0.352 e. The number of hydrogen-bond acceptors (Lipinski definition) is 2. The Hall–Kier alpha value is -1.90. The number of hydrogen-bond donors (Lipinski definition) is 1. The van der Waals surface area contributed by atoms with Crippen LogP contribution in [-0.4, -0.2) is 12.1 Å². The maximum absolute atomic E-state index is 12.0. The standard InChI is InChI=1S/C20H30N2O/c1-6-8-9-15(3)20(23)22-14-18-10-12-19(13-11-18)16(4)17(5)21-7-2/h7,10-13,15H,6,8-9,14H2,1-5H3,(H,22,23)/b17-16+,21-7?. The molecule has 126 valence electrons. The lowest BCUT2D eigenvalue weighted by Gasteiger charge is -2.12. The van der Waals surface area contributed by atoms with Crippen molar-refractivity contribution in [2.75, 3.05) is 0 Å². The number of nitrogens with zero attached hydrogens (tertiary/aromatic N) is 1. The zero-order chi connectivity index (χ0) is 17.2. The van der Waals surface area contributed by atoms with Crippen LogP contribution in [0.15, 0.2) is 35.0 Å². The quantitative estimate of drug-likeness (QED) is 0.676. The highest BCUT2D eigenvalue weighted by Gasteiger charge is 2.11. The second kappa shape index (κ2) is 9.98. The van der Waals surface area contributed by atoms with Gasteiger partial charge in [0.05, 0.1) is 0 Å². The third kappa shape index (κ3) is 6.39. The minimum atomic E-state index is 0.0916. The van der Waals surface area contributed by atoms with Crippen molar-refractivity contribution < 1.29 is 4.79 Å². The summed E-state index contributed by atoms with van der Waals surface area (Å²) in [6, 6.07) is 8.32. The summed E-state index contributed by atoms with van der Waals surface area (Å²) in [6.45, 7) is 10.7. The summed E-state index contributed by atoms with van der Waals surface area (Å²) in [4.78, 5) is 16.3. The number of aliphatic imine (C=N–C) groups is 1. The van der Waals surface area contributed by atoms with E-state index in [9.17, 15) is 4.79 Å². The van der Waals surface area contributed by atoms with Crippen molar-refractivity contribution in [1.29, 1.82) is 0 Å². The van der Waals surface area contributed by atoms with Crippen molar-refractivity contribution >= 4 is 17.7 Å². The normalized spacial score (nSPS) is 13.8. The van der Waals surface area contributed by atoms with Crippen LogP contribution in [0.25, 0.3) is 5.57 Å². The van der Waals surface area contributed by atoms with Crippen molar-refractivity contribution in [3.8, 4) is 0 Å². The Labute approximate surface area is 140 Å². The van der Waals surface area contributed by atoms with Gasteiger partial charge in [-0.15, -0.1) is 0 Å². The molecule has 3 nitrogen and oxygen atoms in total. The van der Waals surface area contributed by atoms with Gasteiger partial charge in [0.15, 0.2) is 0 Å². The van der Waals surface area contributed by atoms with E-state index in [2.05, 4.69) is 48.4 Å². The molecule has 0 bridgehead atoms. The molecule has 0 aromatic heterocycles. The first-order valence-electron chi connectivity index (χ1n) is 8.52. The van der Waals surface area contributed by atoms with Gasteiger partial charge in [0.25, 0.3) is 0 Å². The molecule has 0 saturated heterocycles. The number of carbonyl (C=O) groups is 1. The summed E-state index contributed by atoms with van der Waals surface area (Å²) in [5.41, 5.74) is 4.49. The second-order valence-corrected chi connectivity index (χ2v) is 6.06. The molecule has 1 aromatic carbocycles. The Morgan fingerprint density at radius 3 is 2.48 bits per heavy atom. The lowest BCUT2D eigenvalue weighted by atomic mass is 10.0. The Morgan fingerprint density at radius 2 is 1.91 bits per heavy atom. The molecule has 1 N–H and O–H groups in total. The summed E-state index contributed by atoms with van der Waals surface area (Å²) in [5, 5.41) is 3.02. The first-order chi connectivity index (χ1) is 11.0. The van der Waals surface area contributed by atoms with Gasteiger partial charge in [-0.2, -0.15) is 0 Å². The molecule has 1 aromatic rings. The second-order valence-electron chi connectivity index (χ2n) is 6.06. The highest BCUT2D eigenvalue weighted by atomic mass is 16.1. The van der Waals surface area contributed by atoms with E-state index in [0.717, 1.165) is 30.5 Å². The van der Waals surface area contributed by atoms with E-state index in [4.69, 9.17) is 0 Å². The van der Waals surface area contributed by atoms with Crippen LogP contribution in [0.3, 0.4) is 0 Å². The fourth-order valence-corrected chi connectivity index (χ4v) is 2.38. The van der Waals surface area contributed by atoms with Crippen LogP contribution >= 0.6 is 0 Å². The van der Waals surface area contributed by atoms with Crippen LogP contribution in [0.1, 0.15) is 65.0 Å². The molecule has 0 radical (unpaired) electrons. The average Bonchev–Trinajstić information content (AvgIpc) is 2.57. The van der Waals surface area contributed by atoms with Crippen molar-refractivity contribution in [2.45, 2.75) is 60.4 Å². The van der Waals surface area contributed by atoms with E-state index in [-0.39, 0.29) is 11.8 Å². The summed E-state index contributed by atoms with van der Waals surface area (Å²) in [6.07, 6.45) is 5.01. The van der Waals surface area contributed by atoms with Crippen LogP contribution in [0, 0.1) is 5.92 Å². The van der Waals surface area contributed by atoms with Crippen molar-refractivity contribution in [3.05, 3.63) is 41.1 Å². The van der Waals surface area contributed by atoms with Gasteiger partial charge in [0.1, 0.15) is 0 Å². The third-order valence-electron chi connectivity index (χ3n) is 4.16. The van der Waals surface area contributed by atoms with Gasteiger partial charge >= 0.3 is 0 Å². The van der Waals surface area contributed by atoms with Gasteiger partial charge in [0, 0.05) is 24.4 Å². The Kier molecular flexibility index (Phi) is 8.31. The zero-order valence-corrected chi connectivity index (χ0v) is 15.1. The van der Waals surface area contributed by atoms with Gasteiger partial charge < -0.3 is 5.32 Å². The van der Waals surface area contributed by atoms with E-state index in [1.807, 2.05) is 27.0 Å². The van der Waals surface area contributed by atoms with Crippen LogP contribution in [0.2, 0.25) is 0 Å². The molecule has 0 heterocycles. The highest BCUT2D eigenvalue weighted by molar-refractivity contribution is 5.78. The lowest BCUT2D eigenvalue weighted by molar-refractivity contribution is -0.124. The van der Waals surface area contributed by atoms with Gasteiger partial charge in [-0.25, -0.2) is 0 Å². The fraction of sp³-hybridized carbons (Fsp3) is 0.500. The molecule has 0 fully saturated rings. The SMILES string of the molecule is CC=N/C(C)=C(\C)c1ccc(CNC(=O)C(C)CCCC)cc1. The Morgan fingerprint density at radius 1 is 1.26 bits per heavy atom.